The summed E-state index contributed by atoms with van der Waals surface area (Å²) in [6.45, 7) is 1.82. The zero-order valence-electron chi connectivity index (χ0n) is 15.5. The average molecular weight is 429 g/mol. The molecular weight excluding hydrogens is 412 g/mol. The molecular formula is C20H17ClN4O3S. The van der Waals surface area contributed by atoms with E-state index >= 15 is 0 Å². The van der Waals surface area contributed by atoms with Gasteiger partial charge in [0.1, 0.15) is 5.76 Å². The van der Waals surface area contributed by atoms with Crippen LogP contribution in [0.5, 0.6) is 0 Å². The molecule has 29 heavy (non-hydrogen) atoms. The molecule has 1 aliphatic rings. The van der Waals surface area contributed by atoms with Gasteiger partial charge in [-0.3, -0.25) is 14.9 Å². The van der Waals surface area contributed by atoms with Crippen molar-refractivity contribution in [1.82, 2.24) is 10.4 Å². The number of furan rings is 1. The van der Waals surface area contributed by atoms with Crippen LogP contribution < -0.4 is 10.7 Å². The van der Waals surface area contributed by atoms with Crippen LogP contribution in [0, 0.1) is 6.92 Å². The standard InChI is InChI=1S/C20H17ClN4O3S/c1-11-16-14(24-25-18(26)12-4-2-5-13(21)10-12)6-3-7-15(16)28-17(11)19(27)23-20-22-8-9-29-20/h2,4-5,8-10H,3,6-7H2,1H3,(H,25,26)(H,22,23,27)/b24-14+. The van der Waals surface area contributed by atoms with Crippen LogP contribution in [-0.4, -0.2) is 22.5 Å². The predicted molar refractivity (Wildman–Crippen MR) is 112 cm³/mol. The van der Waals surface area contributed by atoms with Crippen LogP contribution in [0.3, 0.4) is 0 Å². The maximum atomic E-state index is 12.6. The molecule has 2 heterocycles. The third-order valence-corrected chi connectivity index (χ3v) is 5.49. The Morgan fingerprint density at radius 2 is 2.14 bits per heavy atom. The lowest BCUT2D eigenvalue weighted by molar-refractivity contribution is 0.0953. The van der Waals surface area contributed by atoms with Crippen molar-refractivity contribution < 1.29 is 14.0 Å². The Bertz CT molecular complexity index is 1110. The molecule has 9 heteroatoms. The lowest BCUT2D eigenvalue weighted by Gasteiger charge is -2.13. The van der Waals surface area contributed by atoms with Crippen molar-refractivity contribution in [3.8, 4) is 0 Å². The first kappa shape index (κ1) is 19.4. The number of aryl methyl sites for hydroxylation is 1. The molecule has 0 saturated heterocycles. The molecule has 0 radical (unpaired) electrons. The SMILES string of the molecule is Cc1c(C(=O)Nc2nccs2)oc2c1/C(=N/NC(=O)c1cccc(Cl)c1)CCC2. The van der Waals surface area contributed by atoms with Gasteiger partial charge < -0.3 is 4.42 Å². The smallest absolute Gasteiger partial charge is 0.293 e. The lowest BCUT2D eigenvalue weighted by Crippen LogP contribution is -2.22. The number of amides is 2. The average Bonchev–Trinajstić information content (AvgIpc) is 3.34. The number of nitrogens with zero attached hydrogens (tertiary/aromatic N) is 2. The number of hydrogen-bond donors (Lipinski definition) is 2. The molecule has 0 saturated carbocycles. The number of halogens is 1. The zero-order chi connectivity index (χ0) is 20.4. The molecule has 3 aromatic rings. The third kappa shape index (κ3) is 4.08. The molecule has 0 bridgehead atoms. The van der Waals surface area contributed by atoms with Crippen LogP contribution in [0.4, 0.5) is 5.13 Å². The van der Waals surface area contributed by atoms with Gasteiger partial charge in [0.15, 0.2) is 10.9 Å². The van der Waals surface area contributed by atoms with E-state index in [9.17, 15) is 9.59 Å². The minimum Gasteiger partial charge on any atom is -0.455 e. The van der Waals surface area contributed by atoms with Crippen molar-refractivity contribution in [2.24, 2.45) is 5.10 Å². The van der Waals surface area contributed by atoms with Crippen molar-refractivity contribution in [3.05, 3.63) is 69.1 Å². The molecule has 0 aliphatic heterocycles. The van der Waals surface area contributed by atoms with Gasteiger partial charge in [0.2, 0.25) is 0 Å². The molecule has 0 unspecified atom stereocenters. The molecule has 0 spiro atoms. The van der Waals surface area contributed by atoms with Gasteiger partial charge in [0, 0.05) is 39.7 Å². The van der Waals surface area contributed by atoms with Crippen molar-refractivity contribution >= 4 is 45.6 Å². The van der Waals surface area contributed by atoms with Crippen molar-refractivity contribution in [1.29, 1.82) is 0 Å². The Kier molecular flexibility index (Phi) is 5.46. The van der Waals surface area contributed by atoms with E-state index in [0.717, 1.165) is 12.0 Å². The molecule has 1 aliphatic carbocycles. The Morgan fingerprint density at radius 1 is 1.28 bits per heavy atom. The molecule has 2 aromatic heterocycles. The third-order valence-electron chi connectivity index (χ3n) is 4.56. The van der Waals surface area contributed by atoms with Gasteiger partial charge in [0.05, 0.1) is 5.71 Å². The van der Waals surface area contributed by atoms with Gasteiger partial charge >= 0.3 is 0 Å². The number of hydrogen-bond acceptors (Lipinski definition) is 6. The predicted octanol–water partition coefficient (Wildman–Crippen LogP) is 4.42. The minimum absolute atomic E-state index is 0.237. The highest BCUT2D eigenvalue weighted by Gasteiger charge is 2.28. The van der Waals surface area contributed by atoms with E-state index in [2.05, 4.69) is 20.8 Å². The van der Waals surface area contributed by atoms with E-state index in [1.807, 2.05) is 6.92 Å². The van der Waals surface area contributed by atoms with Crippen LogP contribution in [0.2, 0.25) is 5.02 Å². The summed E-state index contributed by atoms with van der Waals surface area (Å²) in [6.07, 6.45) is 3.83. The fraction of sp³-hybridized carbons (Fsp3) is 0.200. The molecule has 0 atom stereocenters. The normalized spacial score (nSPS) is 14.5. The Morgan fingerprint density at radius 3 is 2.90 bits per heavy atom. The molecule has 148 valence electrons. The molecule has 2 amide bonds. The maximum Gasteiger partial charge on any atom is 0.293 e. The fourth-order valence-electron chi connectivity index (χ4n) is 3.25. The summed E-state index contributed by atoms with van der Waals surface area (Å²) in [5.41, 5.74) is 5.17. The second-order valence-electron chi connectivity index (χ2n) is 6.51. The van der Waals surface area contributed by atoms with Crippen LogP contribution in [0.1, 0.15) is 50.6 Å². The number of carbonyl (C=O) groups is 2. The van der Waals surface area contributed by atoms with Gasteiger partial charge in [-0.05, 0) is 38.0 Å². The Labute approximate surface area is 175 Å². The van der Waals surface area contributed by atoms with E-state index in [1.165, 1.54) is 11.3 Å². The van der Waals surface area contributed by atoms with E-state index in [4.69, 9.17) is 16.0 Å². The summed E-state index contributed by atoms with van der Waals surface area (Å²) in [5.74, 6) is 0.235. The van der Waals surface area contributed by atoms with Gasteiger partial charge in [-0.25, -0.2) is 10.4 Å². The number of anilines is 1. The summed E-state index contributed by atoms with van der Waals surface area (Å²) in [6, 6.07) is 6.65. The number of carbonyl (C=O) groups excluding carboxylic acids is 2. The molecule has 0 fully saturated rings. The molecule has 2 N–H and O–H groups in total. The first-order valence-corrected chi connectivity index (χ1v) is 10.2. The number of benzene rings is 1. The van der Waals surface area contributed by atoms with Gasteiger partial charge in [-0.1, -0.05) is 17.7 Å². The summed E-state index contributed by atoms with van der Waals surface area (Å²) < 4.78 is 5.84. The summed E-state index contributed by atoms with van der Waals surface area (Å²) in [7, 11) is 0. The van der Waals surface area contributed by atoms with Crippen LogP contribution in [-0.2, 0) is 6.42 Å². The topological polar surface area (TPSA) is 96.6 Å². The second-order valence-corrected chi connectivity index (χ2v) is 7.84. The van der Waals surface area contributed by atoms with Crippen molar-refractivity contribution in [2.45, 2.75) is 26.2 Å². The van der Waals surface area contributed by atoms with Crippen LogP contribution in [0.25, 0.3) is 0 Å². The van der Waals surface area contributed by atoms with Crippen LogP contribution in [0.15, 0.2) is 45.4 Å². The number of aromatic nitrogens is 1. The fourth-order valence-corrected chi connectivity index (χ4v) is 3.96. The quantitative estimate of drug-likeness (QED) is 0.601. The first-order chi connectivity index (χ1) is 14.0. The number of thiazole rings is 1. The highest BCUT2D eigenvalue weighted by molar-refractivity contribution is 7.13. The van der Waals surface area contributed by atoms with Gasteiger partial charge in [-0.15, -0.1) is 11.3 Å². The molecule has 7 nitrogen and oxygen atoms in total. The molecule has 1 aromatic carbocycles. The number of nitrogens with one attached hydrogen (secondary N) is 2. The zero-order valence-corrected chi connectivity index (χ0v) is 17.1. The number of rotatable bonds is 4. The van der Waals surface area contributed by atoms with Crippen molar-refractivity contribution in [3.63, 3.8) is 0 Å². The summed E-state index contributed by atoms with van der Waals surface area (Å²) in [5, 5.41) is 9.81. The number of fused-ring (bicyclic) bond motifs is 1. The van der Waals surface area contributed by atoms with E-state index < -0.39 is 0 Å². The van der Waals surface area contributed by atoms with Gasteiger partial charge in [-0.2, -0.15) is 5.10 Å². The first-order valence-electron chi connectivity index (χ1n) is 8.99. The highest BCUT2D eigenvalue weighted by atomic mass is 35.5. The minimum atomic E-state index is -0.353. The maximum absolute atomic E-state index is 12.6. The van der Waals surface area contributed by atoms with E-state index in [-0.39, 0.29) is 17.6 Å². The van der Waals surface area contributed by atoms with Crippen LogP contribution >= 0.6 is 22.9 Å². The largest absolute Gasteiger partial charge is 0.455 e. The monoisotopic (exact) mass is 428 g/mol. The Balaban J connectivity index is 1.57. The summed E-state index contributed by atoms with van der Waals surface area (Å²) in [4.78, 5) is 29.0. The molecule has 4 rings (SSSR count). The highest BCUT2D eigenvalue weighted by Crippen LogP contribution is 2.30. The second kappa shape index (κ2) is 8.18. The van der Waals surface area contributed by atoms with E-state index in [1.54, 1.807) is 35.8 Å². The lowest BCUT2D eigenvalue weighted by atomic mass is 9.93. The van der Waals surface area contributed by atoms with Gasteiger partial charge in [0.25, 0.3) is 11.8 Å². The summed E-state index contributed by atoms with van der Waals surface area (Å²) >= 11 is 7.27. The van der Waals surface area contributed by atoms with E-state index in [0.29, 0.717) is 45.6 Å². The Hall–Kier alpha value is -2.97. The van der Waals surface area contributed by atoms with Crippen molar-refractivity contribution in [2.75, 3.05) is 5.32 Å². The number of hydrazone groups is 1.